The molecule has 0 radical (unpaired) electrons. The lowest BCUT2D eigenvalue weighted by Crippen LogP contribution is -2.15. The third-order valence-electron chi connectivity index (χ3n) is 3.16. The van der Waals surface area contributed by atoms with Gasteiger partial charge in [0.05, 0.1) is 5.75 Å². The van der Waals surface area contributed by atoms with Gasteiger partial charge in [-0.1, -0.05) is 23.8 Å². The summed E-state index contributed by atoms with van der Waals surface area (Å²) in [6.07, 6.45) is 0. The van der Waals surface area contributed by atoms with E-state index in [1.54, 1.807) is 6.07 Å². The molecule has 0 aliphatic carbocycles. The number of halogens is 1. The first-order chi connectivity index (χ1) is 9.95. The Kier molecular flexibility index (Phi) is 5.02. The van der Waals surface area contributed by atoms with E-state index in [4.69, 9.17) is 0 Å². The largest absolute Gasteiger partial charge is 0.325 e. The number of hydrogen-bond acceptors (Lipinski definition) is 2. The van der Waals surface area contributed by atoms with Crippen LogP contribution in [-0.4, -0.2) is 11.7 Å². The van der Waals surface area contributed by atoms with Crippen LogP contribution in [0.5, 0.6) is 0 Å². The molecule has 1 amide bonds. The number of amides is 1. The van der Waals surface area contributed by atoms with Gasteiger partial charge in [0.25, 0.3) is 0 Å². The summed E-state index contributed by atoms with van der Waals surface area (Å²) in [5, 5.41) is 2.75. The molecule has 4 heteroatoms. The Bertz CT molecular complexity index is 670. The molecule has 0 aliphatic heterocycles. The van der Waals surface area contributed by atoms with Gasteiger partial charge in [-0.2, -0.15) is 0 Å². The molecule has 1 N–H and O–H groups in total. The van der Waals surface area contributed by atoms with Crippen molar-refractivity contribution in [2.75, 3.05) is 11.1 Å². The third-order valence-corrected chi connectivity index (χ3v) is 4.34. The van der Waals surface area contributed by atoms with Crippen molar-refractivity contribution in [1.82, 2.24) is 0 Å². The van der Waals surface area contributed by atoms with Crippen molar-refractivity contribution in [3.8, 4) is 0 Å². The number of carbonyl (C=O) groups is 1. The summed E-state index contributed by atoms with van der Waals surface area (Å²) in [4.78, 5) is 13.1. The summed E-state index contributed by atoms with van der Waals surface area (Å²) in [5.41, 5.74) is 3.74. The van der Waals surface area contributed by atoms with E-state index in [9.17, 15) is 9.18 Å². The van der Waals surface area contributed by atoms with E-state index in [1.165, 1.54) is 29.5 Å². The minimum atomic E-state index is -0.349. The first-order valence-corrected chi connectivity index (χ1v) is 7.70. The number of hydrogen-bond donors (Lipinski definition) is 1. The number of anilines is 1. The van der Waals surface area contributed by atoms with Crippen LogP contribution in [-0.2, 0) is 4.79 Å². The lowest BCUT2D eigenvalue weighted by atomic mass is 10.2. The monoisotopic (exact) mass is 303 g/mol. The summed E-state index contributed by atoms with van der Waals surface area (Å²) in [6.45, 7) is 5.91. The van der Waals surface area contributed by atoms with Crippen molar-refractivity contribution in [2.24, 2.45) is 0 Å². The Balaban J connectivity index is 1.97. The highest BCUT2D eigenvalue weighted by Gasteiger charge is 2.08. The maximum Gasteiger partial charge on any atom is 0.234 e. The SMILES string of the molecule is Cc1ccc(SCC(=O)Nc2cc(F)ccc2C)c(C)c1. The molecule has 0 saturated carbocycles. The topological polar surface area (TPSA) is 29.1 Å². The van der Waals surface area contributed by atoms with E-state index in [2.05, 4.69) is 11.4 Å². The van der Waals surface area contributed by atoms with Crippen LogP contribution in [0.4, 0.5) is 10.1 Å². The first kappa shape index (κ1) is 15.6. The molecule has 0 spiro atoms. The second kappa shape index (κ2) is 6.76. The van der Waals surface area contributed by atoms with Crippen molar-refractivity contribution >= 4 is 23.4 Å². The molecule has 0 unspecified atom stereocenters. The van der Waals surface area contributed by atoms with Crippen molar-refractivity contribution in [3.05, 3.63) is 58.9 Å². The van der Waals surface area contributed by atoms with Crippen LogP contribution in [0.15, 0.2) is 41.3 Å². The first-order valence-electron chi connectivity index (χ1n) is 6.72. The zero-order chi connectivity index (χ0) is 15.4. The maximum atomic E-state index is 13.2. The summed E-state index contributed by atoms with van der Waals surface area (Å²) >= 11 is 1.49. The highest BCUT2D eigenvalue weighted by molar-refractivity contribution is 8.00. The Morgan fingerprint density at radius 2 is 1.86 bits per heavy atom. The highest BCUT2D eigenvalue weighted by Crippen LogP contribution is 2.24. The van der Waals surface area contributed by atoms with Gasteiger partial charge in [0.2, 0.25) is 5.91 Å². The number of rotatable bonds is 4. The standard InChI is InChI=1S/C17H18FNOS/c1-11-4-7-16(13(3)8-11)21-10-17(20)19-15-9-14(18)6-5-12(15)2/h4-9H,10H2,1-3H3,(H,19,20). The molecule has 2 nitrogen and oxygen atoms in total. The molecule has 0 atom stereocenters. The molecule has 0 saturated heterocycles. The zero-order valence-corrected chi connectivity index (χ0v) is 13.2. The van der Waals surface area contributed by atoms with Gasteiger partial charge >= 0.3 is 0 Å². The third kappa shape index (κ3) is 4.33. The molecule has 0 aliphatic rings. The molecular weight excluding hydrogens is 285 g/mol. The molecule has 0 bridgehead atoms. The predicted octanol–water partition coefficient (Wildman–Crippen LogP) is 4.48. The quantitative estimate of drug-likeness (QED) is 0.844. The van der Waals surface area contributed by atoms with Crippen LogP contribution >= 0.6 is 11.8 Å². The smallest absolute Gasteiger partial charge is 0.234 e. The van der Waals surface area contributed by atoms with Gasteiger partial charge in [0.1, 0.15) is 5.82 Å². The van der Waals surface area contributed by atoms with E-state index < -0.39 is 0 Å². The summed E-state index contributed by atoms with van der Waals surface area (Å²) in [7, 11) is 0. The van der Waals surface area contributed by atoms with Crippen molar-refractivity contribution < 1.29 is 9.18 Å². The second-order valence-corrected chi connectivity index (χ2v) is 6.08. The van der Waals surface area contributed by atoms with E-state index in [1.807, 2.05) is 32.9 Å². The van der Waals surface area contributed by atoms with Crippen molar-refractivity contribution in [3.63, 3.8) is 0 Å². The predicted molar refractivity (Wildman–Crippen MR) is 86.4 cm³/mol. The van der Waals surface area contributed by atoms with Gasteiger partial charge in [-0.25, -0.2) is 4.39 Å². The summed E-state index contributed by atoms with van der Waals surface area (Å²) in [5.74, 6) is -0.175. The van der Waals surface area contributed by atoms with E-state index >= 15 is 0 Å². The van der Waals surface area contributed by atoms with E-state index in [0.29, 0.717) is 11.4 Å². The van der Waals surface area contributed by atoms with Gasteiger partial charge < -0.3 is 5.32 Å². The summed E-state index contributed by atoms with van der Waals surface area (Å²) < 4.78 is 13.2. The molecule has 21 heavy (non-hydrogen) atoms. The van der Waals surface area contributed by atoms with Crippen LogP contribution in [0.25, 0.3) is 0 Å². The van der Waals surface area contributed by atoms with Crippen LogP contribution in [0, 0.1) is 26.6 Å². The average Bonchev–Trinajstić information content (AvgIpc) is 2.42. The molecule has 2 aromatic carbocycles. The Morgan fingerprint density at radius 3 is 2.57 bits per heavy atom. The van der Waals surface area contributed by atoms with Crippen molar-refractivity contribution in [2.45, 2.75) is 25.7 Å². The summed E-state index contributed by atoms with van der Waals surface area (Å²) in [6, 6.07) is 10.5. The van der Waals surface area contributed by atoms with Crippen LogP contribution in [0.3, 0.4) is 0 Å². The van der Waals surface area contributed by atoms with Crippen LogP contribution in [0.2, 0.25) is 0 Å². The van der Waals surface area contributed by atoms with Crippen LogP contribution in [0.1, 0.15) is 16.7 Å². The highest BCUT2D eigenvalue weighted by atomic mass is 32.2. The van der Waals surface area contributed by atoms with Gasteiger partial charge in [-0.05, 0) is 50.1 Å². The fraction of sp³-hybridized carbons (Fsp3) is 0.235. The minimum absolute atomic E-state index is 0.131. The van der Waals surface area contributed by atoms with Gasteiger partial charge in [-0.3, -0.25) is 4.79 Å². The minimum Gasteiger partial charge on any atom is -0.325 e. The van der Waals surface area contributed by atoms with Crippen molar-refractivity contribution in [1.29, 1.82) is 0 Å². The lowest BCUT2D eigenvalue weighted by molar-refractivity contribution is -0.113. The van der Waals surface area contributed by atoms with E-state index in [0.717, 1.165) is 16.0 Å². The van der Waals surface area contributed by atoms with E-state index in [-0.39, 0.29) is 11.7 Å². The molecule has 2 rings (SSSR count). The average molecular weight is 303 g/mol. The molecule has 110 valence electrons. The van der Waals surface area contributed by atoms with Gasteiger partial charge in [0.15, 0.2) is 0 Å². The molecule has 2 aromatic rings. The number of carbonyl (C=O) groups excluding carboxylic acids is 1. The second-order valence-electron chi connectivity index (χ2n) is 5.07. The molecule has 0 heterocycles. The molecular formula is C17H18FNOS. The van der Waals surface area contributed by atoms with Gasteiger partial charge in [-0.15, -0.1) is 11.8 Å². The molecule has 0 aromatic heterocycles. The number of benzene rings is 2. The lowest BCUT2D eigenvalue weighted by Gasteiger charge is -2.09. The Morgan fingerprint density at radius 1 is 1.10 bits per heavy atom. The van der Waals surface area contributed by atoms with Crippen LogP contribution < -0.4 is 5.32 Å². The Labute approximate surface area is 128 Å². The normalized spacial score (nSPS) is 10.5. The molecule has 0 fully saturated rings. The number of aryl methyl sites for hydroxylation is 3. The number of nitrogens with one attached hydrogen (secondary N) is 1. The van der Waals surface area contributed by atoms with Gasteiger partial charge in [0, 0.05) is 10.6 Å². The number of thioether (sulfide) groups is 1. The maximum absolute atomic E-state index is 13.2. The fourth-order valence-corrected chi connectivity index (χ4v) is 2.83. The Hall–Kier alpha value is -1.81. The zero-order valence-electron chi connectivity index (χ0n) is 12.4. The fourth-order valence-electron chi connectivity index (χ4n) is 2.02.